The van der Waals surface area contributed by atoms with Crippen molar-refractivity contribution in [1.82, 2.24) is 15.5 Å². The Balaban J connectivity index is 1.47. The highest BCUT2D eigenvalue weighted by Gasteiger charge is 2.23. The minimum Gasteiger partial charge on any atom is -0.413 e. The van der Waals surface area contributed by atoms with E-state index in [2.05, 4.69) is 20.8 Å². The molecule has 0 fully saturated rings. The van der Waals surface area contributed by atoms with Gasteiger partial charge in [-0.15, -0.1) is 10.2 Å². The summed E-state index contributed by atoms with van der Waals surface area (Å²) >= 11 is 1.41. The third-order valence-corrected chi connectivity index (χ3v) is 5.51. The number of aromatic nitrogens is 2. The van der Waals surface area contributed by atoms with Gasteiger partial charge >= 0.3 is 6.03 Å². The van der Waals surface area contributed by atoms with Crippen molar-refractivity contribution in [2.24, 2.45) is 0 Å². The average Bonchev–Trinajstić information content (AvgIpc) is 3.31. The second-order valence-corrected chi connectivity index (χ2v) is 7.85. The van der Waals surface area contributed by atoms with Gasteiger partial charge in [-0.3, -0.25) is 10.1 Å². The number of urea groups is 1. The van der Waals surface area contributed by atoms with E-state index in [1.807, 2.05) is 60.7 Å². The molecule has 33 heavy (non-hydrogen) atoms. The summed E-state index contributed by atoms with van der Waals surface area (Å²) in [5, 5.41) is 24.9. The zero-order chi connectivity index (χ0) is 23.0. The second kappa shape index (κ2) is 10.4. The number of nitrogens with zero attached hydrogens (tertiary/aromatic N) is 3. The lowest BCUT2D eigenvalue weighted by molar-refractivity contribution is -0.384. The number of hydrogen-bond donors (Lipinski definition) is 2. The number of thioether (sulfide) groups is 1. The van der Waals surface area contributed by atoms with Crippen LogP contribution >= 0.6 is 11.8 Å². The van der Waals surface area contributed by atoms with Gasteiger partial charge in [-0.1, -0.05) is 72.4 Å². The molecule has 1 atom stereocenters. The van der Waals surface area contributed by atoms with Gasteiger partial charge in [-0.2, -0.15) is 0 Å². The molecule has 2 amide bonds. The summed E-state index contributed by atoms with van der Waals surface area (Å²) in [7, 11) is 0. The third kappa shape index (κ3) is 5.95. The summed E-state index contributed by atoms with van der Waals surface area (Å²) in [6, 6.07) is 23.5. The molecule has 2 N–H and O–H groups in total. The van der Waals surface area contributed by atoms with Crippen LogP contribution in [0.5, 0.6) is 0 Å². The molecule has 0 aliphatic rings. The molecule has 4 aromatic rings. The predicted molar refractivity (Wildman–Crippen MR) is 124 cm³/mol. The molecule has 0 saturated carbocycles. The first-order valence-corrected chi connectivity index (χ1v) is 10.9. The minimum atomic E-state index is -0.678. The Kier molecular flexibility index (Phi) is 6.96. The largest absolute Gasteiger partial charge is 0.413 e. The fourth-order valence-electron chi connectivity index (χ4n) is 3.01. The molecule has 0 saturated heterocycles. The Morgan fingerprint density at radius 2 is 1.64 bits per heavy atom. The lowest BCUT2D eigenvalue weighted by atomic mass is 10.1. The molecule has 9 nitrogen and oxygen atoms in total. The van der Waals surface area contributed by atoms with E-state index in [1.54, 1.807) is 0 Å². The Morgan fingerprint density at radius 1 is 0.970 bits per heavy atom. The normalized spacial score (nSPS) is 11.5. The van der Waals surface area contributed by atoms with Crippen LogP contribution in [0.2, 0.25) is 0 Å². The monoisotopic (exact) mass is 461 g/mol. The Morgan fingerprint density at radius 3 is 2.30 bits per heavy atom. The number of nitro groups is 1. The number of non-ortho nitro benzene ring substituents is 1. The predicted octanol–water partition coefficient (Wildman–Crippen LogP) is 5.18. The van der Waals surface area contributed by atoms with Crippen molar-refractivity contribution in [2.75, 3.05) is 5.32 Å². The fourth-order valence-corrected chi connectivity index (χ4v) is 3.74. The van der Waals surface area contributed by atoms with Crippen LogP contribution in [0.3, 0.4) is 0 Å². The highest BCUT2D eigenvalue weighted by atomic mass is 32.2. The van der Waals surface area contributed by atoms with Gasteiger partial charge in [0, 0.05) is 23.6 Å². The lowest BCUT2D eigenvalue weighted by Gasteiger charge is -2.16. The van der Waals surface area contributed by atoms with E-state index >= 15 is 0 Å². The van der Waals surface area contributed by atoms with Gasteiger partial charge in [-0.25, -0.2) is 4.79 Å². The van der Waals surface area contributed by atoms with Crippen LogP contribution in [-0.2, 0) is 5.75 Å². The first-order chi connectivity index (χ1) is 16.1. The smallest absolute Gasteiger partial charge is 0.320 e. The van der Waals surface area contributed by atoms with Crippen molar-refractivity contribution in [1.29, 1.82) is 0 Å². The van der Waals surface area contributed by atoms with Crippen molar-refractivity contribution >= 4 is 29.2 Å². The molecule has 3 aromatic carbocycles. The van der Waals surface area contributed by atoms with Gasteiger partial charge in [0.05, 0.1) is 4.92 Å². The van der Waals surface area contributed by atoms with Gasteiger partial charge in [0.25, 0.3) is 10.9 Å². The SMILES string of the molecule is O=C(Nc1ccc([N+](=O)[O-])cc1)N[C@@H](c1ccccc1)c1nnc(SCc2ccccc2)o1. The quantitative estimate of drug-likeness (QED) is 0.210. The molecule has 0 aliphatic carbocycles. The number of hydrogen-bond acceptors (Lipinski definition) is 7. The Labute approximate surface area is 193 Å². The number of benzene rings is 3. The van der Waals surface area contributed by atoms with Gasteiger partial charge in [0.1, 0.15) is 6.04 Å². The van der Waals surface area contributed by atoms with E-state index in [-0.39, 0.29) is 11.6 Å². The molecule has 10 heteroatoms. The van der Waals surface area contributed by atoms with Crippen LogP contribution in [0.1, 0.15) is 23.1 Å². The van der Waals surface area contributed by atoms with Crippen LogP contribution < -0.4 is 10.6 Å². The van der Waals surface area contributed by atoms with Crippen molar-refractivity contribution in [3.63, 3.8) is 0 Å². The molecular weight excluding hydrogens is 442 g/mol. The molecule has 0 bridgehead atoms. The molecule has 1 heterocycles. The Hall–Kier alpha value is -4.18. The maximum atomic E-state index is 12.7. The highest BCUT2D eigenvalue weighted by molar-refractivity contribution is 7.98. The van der Waals surface area contributed by atoms with Crippen LogP contribution in [0, 0.1) is 10.1 Å². The van der Waals surface area contributed by atoms with E-state index in [0.29, 0.717) is 16.7 Å². The van der Waals surface area contributed by atoms with Crippen LogP contribution in [0.15, 0.2) is 94.6 Å². The molecule has 166 valence electrons. The zero-order valence-electron chi connectivity index (χ0n) is 17.3. The second-order valence-electron chi connectivity index (χ2n) is 6.93. The summed E-state index contributed by atoms with van der Waals surface area (Å²) in [5.74, 6) is 0.919. The van der Waals surface area contributed by atoms with Crippen molar-refractivity contribution in [2.45, 2.75) is 17.0 Å². The van der Waals surface area contributed by atoms with Crippen LogP contribution in [0.4, 0.5) is 16.2 Å². The molecule has 4 rings (SSSR count). The first kappa shape index (κ1) is 22.0. The summed E-state index contributed by atoms with van der Waals surface area (Å²) < 4.78 is 5.84. The van der Waals surface area contributed by atoms with Gasteiger partial charge in [-0.05, 0) is 23.3 Å². The van der Waals surface area contributed by atoms with E-state index in [1.165, 1.54) is 36.0 Å². The topological polar surface area (TPSA) is 123 Å². The number of amides is 2. The molecule has 0 aliphatic heterocycles. The summed E-state index contributed by atoms with van der Waals surface area (Å²) in [5.41, 5.74) is 2.24. The van der Waals surface area contributed by atoms with Crippen LogP contribution in [-0.4, -0.2) is 21.2 Å². The number of anilines is 1. The van der Waals surface area contributed by atoms with Gasteiger partial charge < -0.3 is 15.1 Å². The molecular formula is C23H19N5O4S. The van der Waals surface area contributed by atoms with Crippen molar-refractivity contribution < 1.29 is 14.1 Å². The standard InChI is InChI=1S/C23H19N5O4S/c29-22(24-18-11-13-19(14-12-18)28(30)31)25-20(17-9-5-2-6-10-17)21-26-27-23(32-21)33-15-16-7-3-1-4-8-16/h1-14,20H,15H2,(H2,24,25,29)/t20-/m0/s1. The lowest BCUT2D eigenvalue weighted by Crippen LogP contribution is -2.33. The summed E-state index contributed by atoms with van der Waals surface area (Å²) in [6.45, 7) is 0. The third-order valence-electron chi connectivity index (χ3n) is 4.62. The van der Waals surface area contributed by atoms with Gasteiger partial charge in [0.2, 0.25) is 5.89 Å². The van der Waals surface area contributed by atoms with E-state index in [9.17, 15) is 14.9 Å². The summed E-state index contributed by atoms with van der Waals surface area (Å²) in [4.78, 5) is 23.0. The minimum absolute atomic E-state index is 0.0606. The number of carbonyl (C=O) groups excluding carboxylic acids is 1. The molecule has 0 unspecified atom stereocenters. The maximum absolute atomic E-state index is 12.7. The highest BCUT2D eigenvalue weighted by Crippen LogP contribution is 2.26. The summed E-state index contributed by atoms with van der Waals surface area (Å²) in [6.07, 6.45) is 0. The Bertz CT molecular complexity index is 1220. The number of rotatable bonds is 8. The fraction of sp³-hybridized carbons (Fsp3) is 0.0870. The van der Waals surface area contributed by atoms with Gasteiger partial charge in [0.15, 0.2) is 0 Å². The van der Waals surface area contributed by atoms with Crippen molar-refractivity contribution in [3.8, 4) is 0 Å². The van der Waals surface area contributed by atoms with Crippen LogP contribution in [0.25, 0.3) is 0 Å². The molecule has 0 radical (unpaired) electrons. The van der Waals surface area contributed by atoms with E-state index < -0.39 is 17.0 Å². The van der Waals surface area contributed by atoms with E-state index in [4.69, 9.17) is 4.42 Å². The number of nitro benzene ring substituents is 1. The van der Waals surface area contributed by atoms with Crippen molar-refractivity contribution in [3.05, 3.63) is 112 Å². The average molecular weight is 462 g/mol. The van der Waals surface area contributed by atoms with E-state index in [0.717, 1.165) is 11.1 Å². The molecule has 1 aromatic heterocycles. The number of carbonyl (C=O) groups is 1. The maximum Gasteiger partial charge on any atom is 0.320 e. The first-order valence-electron chi connectivity index (χ1n) is 9.95. The molecule has 0 spiro atoms. The zero-order valence-corrected chi connectivity index (χ0v) is 18.1. The number of nitrogens with one attached hydrogen (secondary N) is 2.